The maximum Gasteiger partial charge on any atom is 0.321 e. The number of nitrogens with zero attached hydrogens (tertiary/aromatic N) is 5. The second-order valence-electron chi connectivity index (χ2n) is 9.80. The quantitative estimate of drug-likeness (QED) is 0.455. The Balaban J connectivity index is 1.39. The summed E-state index contributed by atoms with van der Waals surface area (Å²) in [7, 11) is 31.5. The number of hydrogen-bond acceptors (Lipinski definition) is 7. The molecule has 3 heterocycles. The van der Waals surface area contributed by atoms with Gasteiger partial charge in [0.2, 0.25) is 11.8 Å². The molecule has 1 aliphatic carbocycles. The average Bonchev–Trinajstić information content (AvgIpc) is 3.36. The van der Waals surface area contributed by atoms with Gasteiger partial charge in [-0.25, -0.2) is 14.1 Å². The summed E-state index contributed by atoms with van der Waals surface area (Å²) < 4.78 is 25.7. The molecule has 10 radical (unpaired) electrons. The van der Waals surface area contributed by atoms with E-state index in [2.05, 4.69) is 25.3 Å². The highest BCUT2D eigenvalue weighted by Crippen LogP contribution is 2.41. The minimum Gasteiger partial charge on any atom is -0.481 e. The molecular formula is C23H21B5ClFN6O2. The van der Waals surface area contributed by atoms with E-state index in [-0.39, 0.29) is 28.8 Å². The van der Waals surface area contributed by atoms with E-state index < -0.39 is 16.3 Å². The van der Waals surface area contributed by atoms with E-state index in [0.29, 0.717) is 17.7 Å². The maximum absolute atomic E-state index is 13.6. The Hall–Kier alpha value is -2.75. The van der Waals surface area contributed by atoms with Crippen molar-refractivity contribution in [3.8, 4) is 17.6 Å². The molecule has 1 aromatic carbocycles. The van der Waals surface area contributed by atoms with Crippen molar-refractivity contribution in [3.63, 3.8) is 0 Å². The number of fused-ring (bicyclic) bond motifs is 2. The van der Waals surface area contributed by atoms with Gasteiger partial charge >= 0.3 is 6.01 Å². The molecule has 3 atom stereocenters. The van der Waals surface area contributed by atoms with Gasteiger partial charge in [0, 0.05) is 43.1 Å². The first kappa shape index (κ1) is 26.8. The molecule has 8 nitrogen and oxygen atoms in total. The molecule has 15 heteroatoms. The van der Waals surface area contributed by atoms with Crippen molar-refractivity contribution in [2.24, 2.45) is 11.8 Å². The van der Waals surface area contributed by atoms with Gasteiger partial charge in [-0.05, 0) is 48.2 Å². The van der Waals surface area contributed by atoms with Crippen LogP contribution in [0.5, 0.6) is 17.6 Å². The van der Waals surface area contributed by atoms with E-state index in [0.717, 1.165) is 42.4 Å². The van der Waals surface area contributed by atoms with E-state index in [1.807, 2.05) is 12.1 Å². The summed E-state index contributed by atoms with van der Waals surface area (Å²) in [5.41, 5.74) is 1.06. The number of aromatic nitrogens is 4. The first-order valence-electron chi connectivity index (χ1n) is 12.0. The molecule has 2 aliphatic rings. The van der Waals surface area contributed by atoms with Crippen LogP contribution in [-0.2, 0) is 5.34 Å². The molecule has 1 saturated carbocycles. The molecule has 1 saturated heterocycles. The summed E-state index contributed by atoms with van der Waals surface area (Å²) in [6.07, 6.45) is 3.81. The third-order valence-electron chi connectivity index (χ3n) is 7.14. The summed E-state index contributed by atoms with van der Waals surface area (Å²) >= 11 is 5.89. The van der Waals surface area contributed by atoms with Gasteiger partial charge in [0.1, 0.15) is 11.6 Å². The van der Waals surface area contributed by atoms with Gasteiger partial charge in [0.05, 0.1) is 51.4 Å². The standard InChI is InChI=1S/C23H21B5ClFN6O2/c1-37-18-8-14(6-7-31-18)35-10-12-2-3-13(11-35)19(12)32-20-33-21(36(34-20)23(27,28)22(24,25)26)38-15-4-5-17(30)16(29)9-15/h4-9,12-13,19H,2-3,10-11H2,1H3,(H,32,34)/t12-,13+,19?. The van der Waals surface area contributed by atoms with Crippen molar-refractivity contribution in [3.05, 3.63) is 47.4 Å². The van der Waals surface area contributed by atoms with Gasteiger partial charge in [-0.2, -0.15) is 4.98 Å². The number of pyridine rings is 1. The van der Waals surface area contributed by atoms with Gasteiger partial charge in [0.15, 0.2) is 0 Å². The molecule has 2 fully saturated rings. The third kappa shape index (κ3) is 5.11. The number of methoxy groups -OCH3 is 1. The summed E-state index contributed by atoms with van der Waals surface area (Å²) in [5.74, 6) is 0.981. The lowest BCUT2D eigenvalue weighted by Crippen LogP contribution is -2.49. The predicted octanol–water partition coefficient (Wildman–Crippen LogP) is 2.12. The molecule has 0 amide bonds. The lowest BCUT2D eigenvalue weighted by atomic mass is 9.26. The molecule has 1 N–H and O–H groups in total. The topological polar surface area (TPSA) is 77.3 Å². The number of hydrogen-bond donors (Lipinski definition) is 1. The zero-order chi connectivity index (χ0) is 27.2. The number of ether oxygens (including phenoxy) is 2. The van der Waals surface area contributed by atoms with Crippen LogP contribution >= 0.6 is 11.6 Å². The largest absolute Gasteiger partial charge is 0.481 e. The van der Waals surface area contributed by atoms with Gasteiger partial charge in [-0.1, -0.05) is 11.6 Å². The normalized spacial score (nSPS) is 21.3. The third-order valence-corrected chi connectivity index (χ3v) is 7.43. The fourth-order valence-electron chi connectivity index (χ4n) is 5.02. The van der Waals surface area contributed by atoms with Crippen molar-refractivity contribution in [2.45, 2.75) is 29.3 Å². The van der Waals surface area contributed by atoms with Crippen LogP contribution in [0.15, 0.2) is 36.5 Å². The molecular weight excluding hydrogens is 501 g/mol. The van der Waals surface area contributed by atoms with Crippen molar-refractivity contribution >= 4 is 62.5 Å². The van der Waals surface area contributed by atoms with Crippen LogP contribution in [0, 0.1) is 17.7 Å². The van der Waals surface area contributed by atoms with Crippen LogP contribution in [0.25, 0.3) is 0 Å². The Labute approximate surface area is 232 Å². The summed E-state index contributed by atoms with van der Waals surface area (Å²) in [6.45, 7) is 1.66. The van der Waals surface area contributed by atoms with Crippen molar-refractivity contribution in [2.75, 3.05) is 30.4 Å². The predicted molar refractivity (Wildman–Crippen MR) is 148 cm³/mol. The van der Waals surface area contributed by atoms with Gasteiger partial charge < -0.3 is 19.7 Å². The summed E-state index contributed by atoms with van der Waals surface area (Å²) in [6, 6.07) is 7.64. The second-order valence-corrected chi connectivity index (χ2v) is 10.2. The second kappa shape index (κ2) is 10.1. The van der Waals surface area contributed by atoms with E-state index in [1.54, 1.807) is 13.3 Å². The smallest absolute Gasteiger partial charge is 0.321 e. The Morgan fingerprint density at radius 3 is 2.42 bits per heavy atom. The molecule has 2 aromatic heterocycles. The Kier molecular flexibility index (Phi) is 7.13. The molecule has 184 valence electrons. The van der Waals surface area contributed by atoms with Crippen LogP contribution in [0.3, 0.4) is 0 Å². The lowest BCUT2D eigenvalue weighted by Gasteiger charge is -2.42. The Morgan fingerprint density at radius 2 is 1.79 bits per heavy atom. The zero-order valence-electron chi connectivity index (χ0n) is 20.7. The molecule has 1 unspecified atom stereocenters. The summed E-state index contributed by atoms with van der Waals surface area (Å²) in [4.78, 5) is 11.0. The zero-order valence-corrected chi connectivity index (χ0v) is 21.5. The SMILES string of the molecule is [B]C([B])([B])C([B])([B])n1nc(NC2[C@@H]3CC[C@H]2CN(c2ccnc(OC)c2)C3)nc1Oc1ccc(F)c(Cl)c1. The number of benzene rings is 1. The van der Waals surface area contributed by atoms with Crippen LogP contribution in [0.2, 0.25) is 10.1 Å². The highest BCUT2D eigenvalue weighted by molar-refractivity contribution is 6.66. The molecule has 1 aliphatic heterocycles. The number of halogens is 2. The van der Waals surface area contributed by atoms with Crippen molar-refractivity contribution in [1.82, 2.24) is 19.7 Å². The van der Waals surface area contributed by atoms with E-state index >= 15 is 0 Å². The van der Waals surface area contributed by atoms with E-state index in [4.69, 9.17) is 60.3 Å². The Bertz CT molecular complexity index is 1310. The van der Waals surface area contributed by atoms with Crippen molar-refractivity contribution < 1.29 is 13.9 Å². The molecule has 3 aromatic rings. The van der Waals surface area contributed by atoms with Crippen LogP contribution < -0.4 is 19.7 Å². The number of anilines is 2. The van der Waals surface area contributed by atoms with Crippen LogP contribution in [-0.4, -0.2) is 85.2 Å². The summed E-state index contributed by atoms with van der Waals surface area (Å²) in [5, 5.41) is 3.51. The number of nitrogens with one attached hydrogen (secondary N) is 1. The highest BCUT2D eigenvalue weighted by atomic mass is 35.5. The highest BCUT2D eigenvalue weighted by Gasteiger charge is 2.43. The van der Waals surface area contributed by atoms with Crippen LogP contribution in [0.1, 0.15) is 12.8 Å². The lowest BCUT2D eigenvalue weighted by molar-refractivity contribution is 0.373. The van der Waals surface area contributed by atoms with Gasteiger partial charge in [-0.3, -0.25) is 0 Å². The van der Waals surface area contributed by atoms with Gasteiger partial charge in [0.25, 0.3) is 0 Å². The molecule has 2 bridgehead atoms. The molecule has 5 rings (SSSR count). The Morgan fingerprint density at radius 1 is 1.08 bits per heavy atom. The van der Waals surface area contributed by atoms with Crippen LogP contribution in [0.4, 0.5) is 16.0 Å². The van der Waals surface area contributed by atoms with Gasteiger partial charge in [-0.15, -0.1) is 10.2 Å². The minimum atomic E-state index is -2.10. The van der Waals surface area contributed by atoms with E-state index in [9.17, 15) is 4.39 Å². The average molecular weight is 522 g/mol. The monoisotopic (exact) mass is 522 g/mol. The van der Waals surface area contributed by atoms with E-state index in [1.165, 1.54) is 12.1 Å². The molecule has 38 heavy (non-hydrogen) atoms. The first-order chi connectivity index (χ1) is 18.0. The maximum atomic E-state index is 13.6. The number of rotatable bonds is 8. The van der Waals surface area contributed by atoms with Crippen molar-refractivity contribution in [1.29, 1.82) is 0 Å². The number of piperidine rings is 1. The minimum absolute atomic E-state index is 0.0854. The fourth-order valence-corrected chi connectivity index (χ4v) is 5.19. The first-order valence-corrected chi connectivity index (χ1v) is 12.4. The molecule has 0 spiro atoms. The fraction of sp³-hybridized carbons (Fsp3) is 0.435.